The fourth-order valence-corrected chi connectivity index (χ4v) is 4.65. The van der Waals surface area contributed by atoms with Crippen molar-refractivity contribution < 1.29 is 18.7 Å². The summed E-state index contributed by atoms with van der Waals surface area (Å²) in [5.41, 5.74) is 4.23. The van der Waals surface area contributed by atoms with Crippen molar-refractivity contribution >= 4 is 28.9 Å². The zero-order chi connectivity index (χ0) is 27.1. The first-order valence-corrected chi connectivity index (χ1v) is 13.0. The SMILES string of the molecule is CC(C)(C)N(C(=O)OCCc1ccccn1)c1ccc(NC(=O)C2=C(c3ccc(F)cc3)CCCC2)cc1. The highest BCUT2D eigenvalue weighted by Gasteiger charge is 2.29. The van der Waals surface area contributed by atoms with Crippen LogP contribution in [0.15, 0.2) is 78.5 Å². The van der Waals surface area contributed by atoms with Crippen molar-refractivity contribution in [1.29, 1.82) is 0 Å². The number of hydrogen-bond acceptors (Lipinski definition) is 4. The van der Waals surface area contributed by atoms with E-state index >= 15 is 0 Å². The predicted octanol–water partition coefficient (Wildman–Crippen LogP) is 7.17. The van der Waals surface area contributed by atoms with Crippen molar-refractivity contribution in [2.45, 2.75) is 58.4 Å². The number of nitrogens with one attached hydrogen (secondary N) is 1. The fraction of sp³-hybridized carbons (Fsp3) is 0.323. The van der Waals surface area contributed by atoms with Crippen LogP contribution in [0.2, 0.25) is 0 Å². The van der Waals surface area contributed by atoms with Crippen LogP contribution in [0.5, 0.6) is 0 Å². The van der Waals surface area contributed by atoms with E-state index in [1.807, 2.05) is 39.0 Å². The predicted molar refractivity (Wildman–Crippen MR) is 148 cm³/mol. The summed E-state index contributed by atoms with van der Waals surface area (Å²) in [4.78, 5) is 32.1. The number of carbonyl (C=O) groups is 2. The molecule has 4 rings (SSSR count). The Bertz CT molecular complexity index is 1280. The fourth-order valence-electron chi connectivity index (χ4n) is 4.65. The van der Waals surface area contributed by atoms with Gasteiger partial charge in [0.25, 0.3) is 5.91 Å². The summed E-state index contributed by atoms with van der Waals surface area (Å²) in [5.74, 6) is -0.448. The number of rotatable bonds is 7. The Morgan fingerprint density at radius 2 is 1.68 bits per heavy atom. The molecule has 2 aromatic carbocycles. The van der Waals surface area contributed by atoms with Crippen LogP contribution in [0.3, 0.4) is 0 Å². The van der Waals surface area contributed by atoms with Gasteiger partial charge in [-0.15, -0.1) is 0 Å². The van der Waals surface area contributed by atoms with Gasteiger partial charge >= 0.3 is 6.09 Å². The highest BCUT2D eigenvalue weighted by Crippen LogP contribution is 2.33. The monoisotopic (exact) mass is 515 g/mol. The van der Waals surface area contributed by atoms with Crippen molar-refractivity contribution in [2.75, 3.05) is 16.8 Å². The molecule has 2 amide bonds. The van der Waals surface area contributed by atoms with Crippen LogP contribution in [-0.4, -0.2) is 29.1 Å². The Kier molecular flexibility index (Phi) is 8.56. The van der Waals surface area contributed by atoms with Crippen LogP contribution in [0.4, 0.5) is 20.6 Å². The Hall–Kier alpha value is -4.00. The summed E-state index contributed by atoms with van der Waals surface area (Å²) >= 11 is 0. The number of amides is 2. The maximum Gasteiger partial charge on any atom is 0.414 e. The van der Waals surface area contributed by atoms with Crippen LogP contribution >= 0.6 is 0 Å². The zero-order valence-electron chi connectivity index (χ0n) is 22.2. The van der Waals surface area contributed by atoms with Gasteiger partial charge in [-0.05, 0) is 106 Å². The molecule has 0 aliphatic heterocycles. The molecule has 1 heterocycles. The van der Waals surface area contributed by atoms with Crippen LogP contribution < -0.4 is 10.2 Å². The second-order valence-corrected chi connectivity index (χ2v) is 10.4. The normalized spacial score (nSPS) is 13.7. The molecule has 0 saturated heterocycles. The summed E-state index contributed by atoms with van der Waals surface area (Å²) in [7, 11) is 0. The van der Waals surface area contributed by atoms with Crippen LogP contribution in [-0.2, 0) is 16.0 Å². The van der Waals surface area contributed by atoms with Gasteiger partial charge in [-0.3, -0.25) is 14.7 Å². The lowest BCUT2D eigenvalue weighted by Gasteiger charge is -2.34. The highest BCUT2D eigenvalue weighted by molar-refractivity contribution is 6.09. The number of allylic oxidation sites excluding steroid dienone is 1. The van der Waals surface area contributed by atoms with Crippen molar-refractivity contribution in [2.24, 2.45) is 0 Å². The first-order valence-electron chi connectivity index (χ1n) is 13.0. The van der Waals surface area contributed by atoms with Gasteiger partial charge in [0, 0.05) is 40.8 Å². The second-order valence-electron chi connectivity index (χ2n) is 10.4. The number of hydrogen-bond donors (Lipinski definition) is 1. The highest BCUT2D eigenvalue weighted by atomic mass is 19.1. The lowest BCUT2D eigenvalue weighted by Crippen LogP contribution is -2.46. The van der Waals surface area contributed by atoms with E-state index in [1.165, 1.54) is 12.1 Å². The van der Waals surface area contributed by atoms with Gasteiger partial charge in [0.05, 0.1) is 6.61 Å². The number of carbonyl (C=O) groups excluding carboxylic acids is 2. The van der Waals surface area contributed by atoms with Gasteiger partial charge in [-0.2, -0.15) is 0 Å². The van der Waals surface area contributed by atoms with E-state index in [0.29, 0.717) is 24.2 Å². The van der Waals surface area contributed by atoms with Crippen molar-refractivity contribution in [3.8, 4) is 0 Å². The van der Waals surface area contributed by atoms with Crippen LogP contribution in [0.1, 0.15) is 57.7 Å². The average molecular weight is 516 g/mol. The molecule has 1 aliphatic carbocycles. The molecule has 0 unspecified atom stereocenters. The molecule has 0 fully saturated rings. The number of ether oxygens (including phenoxy) is 1. The zero-order valence-corrected chi connectivity index (χ0v) is 22.2. The first kappa shape index (κ1) is 27.0. The summed E-state index contributed by atoms with van der Waals surface area (Å²) in [5, 5.41) is 3.00. The molecule has 3 aromatic rings. The molecule has 1 N–H and O–H groups in total. The first-order chi connectivity index (χ1) is 18.2. The topological polar surface area (TPSA) is 71.5 Å². The number of pyridine rings is 1. The summed E-state index contributed by atoms with van der Waals surface area (Å²) in [6.45, 7) is 6.04. The van der Waals surface area contributed by atoms with Crippen molar-refractivity contribution in [3.63, 3.8) is 0 Å². The lowest BCUT2D eigenvalue weighted by molar-refractivity contribution is -0.113. The standard InChI is InChI=1S/C31H34FN3O3/c1-31(2,3)35(30(37)38-21-19-24-8-6-7-20-33-24)26-17-15-25(16-18-26)34-29(36)28-10-5-4-9-27(28)22-11-13-23(32)14-12-22/h6-8,11-18,20H,4-5,9-10,19,21H2,1-3H3,(H,34,36). The minimum Gasteiger partial charge on any atom is -0.449 e. The van der Waals surface area contributed by atoms with Gasteiger partial charge < -0.3 is 10.1 Å². The quantitative estimate of drug-likeness (QED) is 0.362. The van der Waals surface area contributed by atoms with E-state index in [4.69, 9.17) is 4.74 Å². The van der Waals surface area contributed by atoms with E-state index in [1.54, 1.807) is 47.5 Å². The molecule has 0 spiro atoms. The van der Waals surface area contributed by atoms with Gasteiger partial charge in [0.2, 0.25) is 0 Å². The number of nitrogens with zero attached hydrogens (tertiary/aromatic N) is 2. The molecule has 0 saturated carbocycles. The van der Waals surface area contributed by atoms with E-state index in [-0.39, 0.29) is 18.3 Å². The van der Waals surface area contributed by atoms with Crippen molar-refractivity contribution in [1.82, 2.24) is 4.98 Å². The number of anilines is 2. The summed E-state index contributed by atoms with van der Waals surface area (Å²) in [6, 6.07) is 19.1. The Morgan fingerprint density at radius 1 is 0.974 bits per heavy atom. The Balaban J connectivity index is 1.45. The molecular formula is C31H34FN3O3. The molecule has 6 nitrogen and oxygen atoms in total. The van der Waals surface area contributed by atoms with E-state index < -0.39 is 11.6 Å². The third-order valence-electron chi connectivity index (χ3n) is 6.48. The van der Waals surface area contributed by atoms with Gasteiger partial charge in [-0.1, -0.05) is 18.2 Å². The molecule has 1 aliphatic rings. The molecule has 0 radical (unpaired) electrons. The van der Waals surface area contributed by atoms with Gasteiger partial charge in [0.15, 0.2) is 0 Å². The number of halogens is 1. The smallest absolute Gasteiger partial charge is 0.414 e. The molecule has 0 bridgehead atoms. The number of benzene rings is 2. The maximum atomic E-state index is 13.4. The minimum atomic E-state index is -0.524. The Labute approximate surface area is 223 Å². The third-order valence-corrected chi connectivity index (χ3v) is 6.48. The van der Waals surface area contributed by atoms with E-state index in [9.17, 15) is 14.0 Å². The van der Waals surface area contributed by atoms with E-state index in [2.05, 4.69) is 10.3 Å². The molecule has 7 heteroatoms. The average Bonchev–Trinajstić information content (AvgIpc) is 2.90. The molecule has 198 valence electrons. The van der Waals surface area contributed by atoms with Crippen LogP contribution in [0, 0.1) is 5.82 Å². The van der Waals surface area contributed by atoms with Crippen LogP contribution in [0.25, 0.3) is 5.57 Å². The largest absolute Gasteiger partial charge is 0.449 e. The lowest BCUT2D eigenvalue weighted by atomic mass is 9.87. The molecule has 38 heavy (non-hydrogen) atoms. The molecule has 1 aromatic heterocycles. The Morgan fingerprint density at radius 3 is 2.34 bits per heavy atom. The summed E-state index contributed by atoms with van der Waals surface area (Å²) < 4.78 is 19.0. The van der Waals surface area contributed by atoms with Crippen molar-refractivity contribution in [3.05, 3.63) is 95.6 Å². The summed E-state index contributed by atoms with van der Waals surface area (Å²) in [6.07, 6.45) is 5.21. The van der Waals surface area contributed by atoms with Gasteiger partial charge in [-0.25, -0.2) is 9.18 Å². The van der Waals surface area contributed by atoms with Gasteiger partial charge in [0.1, 0.15) is 5.82 Å². The number of aromatic nitrogens is 1. The maximum absolute atomic E-state index is 13.4. The third kappa shape index (κ3) is 6.85. The molecular weight excluding hydrogens is 481 g/mol. The minimum absolute atomic E-state index is 0.154. The molecule has 0 atom stereocenters. The van der Waals surface area contributed by atoms with E-state index in [0.717, 1.165) is 41.7 Å². The second kappa shape index (κ2) is 12.0.